The molecule has 1 aliphatic heterocycles. The van der Waals surface area contributed by atoms with E-state index in [0.29, 0.717) is 19.6 Å². The number of guanidine groups is 1. The topological polar surface area (TPSA) is 82.1 Å². The van der Waals surface area contributed by atoms with Crippen molar-refractivity contribution >= 4 is 17.6 Å². The van der Waals surface area contributed by atoms with Crippen molar-refractivity contribution in [2.24, 2.45) is 12.0 Å². The van der Waals surface area contributed by atoms with Gasteiger partial charge in [-0.2, -0.15) is 5.10 Å². The van der Waals surface area contributed by atoms with E-state index in [1.165, 1.54) is 11.1 Å². The molecule has 1 N–H and O–H groups in total. The van der Waals surface area contributed by atoms with Crippen LogP contribution in [-0.2, 0) is 31.5 Å². The number of rotatable bonds is 7. The van der Waals surface area contributed by atoms with Crippen molar-refractivity contribution in [3.8, 4) is 0 Å². The van der Waals surface area contributed by atoms with Crippen LogP contribution in [0.3, 0.4) is 0 Å². The molecule has 2 aromatic heterocycles. The minimum atomic E-state index is 0.0390. The standard InChI is InChI=1S/C24H31N7O2/c1-25-24(30-10-11-31(23(32)18-30)21-14-27-29(3)16-21)26-13-19-7-4-5-8-20(19)15-28(2)17-22-9-6-12-33-22/h4-9,12,14,16H,10-11,13,15,17-18H2,1-3H3,(H,25,26). The SMILES string of the molecule is CN=C(NCc1ccccc1CN(C)Cc1ccco1)N1CCN(c2cnn(C)c2)C(=O)C1. The molecular weight excluding hydrogens is 418 g/mol. The lowest BCUT2D eigenvalue weighted by Gasteiger charge is -2.35. The quantitative estimate of drug-likeness (QED) is 0.439. The Balaban J connectivity index is 1.35. The summed E-state index contributed by atoms with van der Waals surface area (Å²) in [5.41, 5.74) is 3.27. The van der Waals surface area contributed by atoms with Crippen molar-refractivity contribution in [2.45, 2.75) is 19.6 Å². The van der Waals surface area contributed by atoms with Crippen LogP contribution in [-0.4, -0.2) is 65.2 Å². The van der Waals surface area contributed by atoms with Gasteiger partial charge in [-0.1, -0.05) is 24.3 Å². The molecule has 0 saturated carbocycles. The summed E-state index contributed by atoms with van der Waals surface area (Å²) in [5, 5.41) is 7.62. The zero-order valence-corrected chi connectivity index (χ0v) is 19.4. The van der Waals surface area contributed by atoms with E-state index in [2.05, 4.69) is 45.6 Å². The van der Waals surface area contributed by atoms with Gasteiger partial charge in [-0.15, -0.1) is 0 Å². The molecule has 4 rings (SSSR count). The second-order valence-corrected chi connectivity index (χ2v) is 8.26. The van der Waals surface area contributed by atoms with E-state index in [-0.39, 0.29) is 12.5 Å². The van der Waals surface area contributed by atoms with Crippen molar-refractivity contribution in [1.82, 2.24) is 24.9 Å². The highest BCUT2D eigenvalue weighted by atomic mass is 16.3. The number of carbonyl (C=O) groups excluding carboxylic acids is 1. The van der Waals surface area contributed by atoms with E-state index in [1.807, 2.05) is 36.3 Å². The molecule has 174 valence electrons. The summed E-state index contributed by atoms with van der Waals surface area (Å²) in [5.74, 6) is 1.72. The molecule has 1 saturated heterocycles. The first-order valence-electron chi connectivity index (χ1n) is 11.1. The van der Waals surface area contributed by atoms with Gasteiger partial charge in [-0.3, -0.25) is 19.4 Å². The third kappa shape index (κ3) is 5.61. The molecule has 1 fully saturated rings. The van der Waals surface area contributed by atoms with Gasteiger partial charge in [-0.25, -0.2) is 0 Å². The zero-order valence-electron chi connectivity index (χ0n) is 19.4. The van der Waals surface area contributed by atoms with Gasteiger partial charge in [0.2, 0.25) is 5.91 Å². The molecule has 33 heavy (non-hydrogen) atoms. The fourth-order valence-corrected chi connectivity index (χ4v) is 4.08. The number of carbonyl (C=O) groups is 1. The van der Waals surface area contributed by atoms with E-state index in [4.69, 9.17) is 4.42 Å². The minimum absolute atomic E-state index is 0.0390. The number of benzene rings is 1. The van der Waals surface area contributed by atoms with Crippen molar-refractivity contribution in [3.05, 3.63) is 71.9 Å². The minimum Gasteiger partial charge on any atom is -0.468 e. The zero-order chi connectivity index (χ0) is 23.2. The van der Waals surface area contributed by atoms with E-state index in [1.54, 1.807) is 29.1 Å². The van der Waals surface area contributed by atoms with Crippen LogP contribution in [0.25, 0.3) is 0 Å². The van der Waals surface area contributed by atoms with Gasteiger partial charge in [0.25, 0.3) is 0 Å². The number of anilines is 1. The molecule has 9 nitrogen and oxygen atoms in total. The molecule has 9 heteroatoms. The summed E-state index contributed by atoms with van der Waals surface area (Å²) in [6.07, 6.45) is 5.29. The second kappa shape index (κ2) is 10.4. The van der Waals surface area contributed by atoms with Crippen molar-refractivity contribution in [3.63, 3.8) is 0 Å². The number of hydrogen-bond acceptors (Lipinski definition) is 5. The van der Waals surface area contributed by atoms with E-state index >= 15 is 0 Å². The first kappa shape index (κ1) is 22.6. The smallest absolute Gasteiger partial charge is 0.246 e. The molecule has 0 spiro atoms. The number of furan rings is 1. The molecule has 0 atom stereocenters. The maximum absolute atomic E-state index is 12.8. The number of aromatic nitrogens is 2. The third-order valence-corrected chi connectivity index (χ3v) is 5.74. The van der Waals surface area contributed by atoms with Gasteiger partial charge >= 0.3 is 0 Å². The van der Waals surface area contributed by atoms with Crippen LogP contribution in [0.5, 0.6) is 0 Å². The Labute approximate surface area is 194 Å². The lowest BCUT2D eigenvalue weighted by Crippen LogP contribution is -2.55. The molecule has 0 radical (unpaired) electrons. The van der Waals surface area contributed by atoms with Gasteiger partial charge in [0, 0.05) is 46.5 Å². The normalized spacial score (nSPS) is 14.9. The number of nitrogens with one attached hydrogen (secondary N) is 1. The Morgan fingerprint density at radius 3 is 2.67 bits per heavy atom. The maximum Gasteiger partial charge on any atom is 0.246 e. The molecule has 3 aromatic rings. The number of amides is 1. The fourth-order valence-electron chi connectivity index (χ4n) is 4.08. The molecule has 0 aliphatic carbocycles. The average Bonchev–Trinajstić information content (AvgIpc) is 3.47. The summed E-state index contributed by atoms with van der Waals surface area (Å²) in [4.78, 5) is 23.2. The molecule has 1 aromatic carbocycles. The summed E-state index contributed by atoms with van der Waals surface area (Å²) in [7, 11) is 5.69. The first-order valence-corrected chi connectivity index (χ1v) is 11.1. The van der Waals surface area contributed by atoms with Crippen LogP contribution in [0.4, 0.5) is 5.69 Å². The largest absolute Gasteiger partial charge is 0.468 e. The lowest BCUT2D eigenvalue weighted by molar-refractivity contribution is -0.120. The Morgan fingerprint density at radius 1 is 1.18 bits per heavy atom. The molecule has 1 amide bonds. The second-order valence-electron chi connectivity index (χ2n) is 8.26. The number of aryl methyl sites for hydroxylation is 1. The van der Waals surface area contributed by atoms with E-state index in [0.717, 1.165) is 30.5 Å². The van der Waals surface area contributed by atoms with Gasteiger partial charge in [-0.05, 0) is 30.3 Å². The Morgan fingerprint density at radius 2 is 2.00 bits per heavy atom. The number of piperazine rings is 1. The van der Waals surface area contributed by atoms with Gasteiger partial charge in [0.05, 0.1) is 24.7 Å². The number of aliphatic imine (C=N–C) groups is 1. The molecule has 1 aliphatic rings. The van der Waals surface area contributed by atoms with E-state index in [9.17, 15) is 4.79 Å². The molecule has 3 heterocycles. The first-order chi connectivity index (χ1) is 16.0. The molecular formula is C24H31N7O2. The summed E-state index contributed by atoms with van der Waals surface area (Å²) < 4.78 is 7.17. The Kier molecular flexibility index (Phi) is 7.09. The highest BCUT2D eigenvalue weighted by Crippen LogP contribution is 2.17. The third-order valence-electron chi connectivity index (χ3n) is 5.74. The molecule has 0 bridgehead atoms. The maximum atomic E-state index is 12.8. The fraction of sp³-hybridized carbons (Fsp3) is 0.375. The summed E-state index contributed by atoms with van der Waals surface area (Å²) in [6, 6.07) is 12.3. The predicted octanol–water partition coefficient (Wildman–Crippen LogP) is 2.07. The van der Waals surface area contributed by atoms with Crippen LogP contribution in [0.15, 0.2) is 64.5 Å². The van der Waals surface area contributed by atoms with Gasteiger partial charge in [0.1, 0.15) is 12.3 Å². The van der Waals surface area contributed by atoms with Crippen LogP contribution in [0, 0.1) is 0 Å². The summed E-state index contributed by atoms with van der Waals surface area (Å²) in [6.45, 7) is 3.77. The van der Waals surface area contributed by atoms with Crippen molar-refractivity contribution < 1.29 is 9.21 Å². The van der Waals surface area contributed by atoms with Gasteiger partial charge in [0.15, 0.2) is 5.96 Å². The monoisotopic (exact) mass is 449 g/mol. The number of hydrogen-bond donors (Lipinski definition) is 1. The highest BCUT2D eigenvalue weighted by Gasteiger charge is 2.27. The summed E-state index contributed by atoms with van der Waals surface area (Å²) >= 11 is 0. The Hall–Kier alpha value is -3.59. The van der Waals surface area contributed by atoms with Crippen LogP contribution in [0.2, 0.25) is 0 Å². The van der Waals surface area contributed by atoms with Crippen molar-refractivity contribution in [1.29, 1.82) is 0 Å². The van der Waals surface area contributed by atoms with Crippen LogP contribution >= 0.6 is 0 Å². The molecule has 0 unspecified atom stereocenters. The van der Waals surface area contributed by atoms with E-state index < -0.39 is 0 Å². The highest BCUT2D eigenvalue weighted by molar-refractivity contribution is 5.98. The van der Waals surface area contributed by atoms with Gasteiger partial charge < -0.3 is 19.5 Å². The van der Waals surface area contributed by atoms with Crippen LogP contribution in [0.1, 0.15) is 16.9 Å². The number of nitrogens with zero attached hydrogens (tertiary/aromatic N) is 6. The Bertz CT molecular complexity index is 1090. The average molecular weight is 450 g/mol. The lowest BCUT2D eigenvalue weighted by atomic mass is 10.1. The van der Waals surface area contributed by atoms with Crippen molar-refractivity contribution in [2.75, 3.05) is 38.6 Å². The predicted molar refractivity (Wildman–Crippen MR) is 128 cm³/mol. The van der Waals surface area contributed by atoms with Crippen LogP contribution < -0.4 is 10.2 Å².